The Hall–Kier alpha value is -8.34. The van der Waals surface area contributed by atoms with Crippen molar-refractivity contribution in [2.75, 3.05) is 0 Å². The Balaban J connectivity index is 1.08. The van der Waals surface area contributed by atoms with Crippen molar-refractivity contribution in [1.82, 2.24) is 9.88 Å². The van der Waals surface area contributed by atoms with Crippen molar-refractivity contribution in [3.05, 3.63) is 246 Å². The van der Waals surface area contributed by atoms with Crippen LogP contribution in [-0.2, 0) is 6.42 Å². The van der Waals surface area contributed by atoms with Gasteiger partial charge in [-0.2, -0.15) is 0 Å². The van der Waals surface area contributed by atoms with Gasteiger partial charge in [0.25, 0.3) is 0 Å². The standard InChI is InChI=1S/C60H40N4/c1-3-15-38(16-4-1)40-24-13-26-47(29-40)58-61-59(48-27-14-25-41(30-48)39-17-5-2-6-18-39)63-60(62-58)54-34-49-31-46-23-11-12-28-50(46)51(49)37-57(54)64-55-35-44-21-9-7-19-42(44)32-52(55)53-33-43-20-8-10-22-45(43)36-56(53)64/h1-30,32-37,58H,31H2,(H,61,62,63). The molecule has 1 aliphatic heterocycles. The van der Waals surface area contributed by atoms with Crippen LogP contribution >= 0.6 is 0 Å². The number of hydrogen-bond donors (Lipinski definition) is 1. The third-order valence-corrected chi connectivity index (χ3v) is 13.2. The molecule has 0 saturated heterocycles. The van der Waals surface area contributed by atoms with E-state index in [9.17, 15) is 0 Å². The van der Waals surface area contributed by atoms with Crippen LogP contribution in [0, 0.1) is 0 Å². The van der Waals surface area contributed by atoms with E-state index in [0.717, 1.165) is 62.4 Å². The Kier molecular flexibility index (Phi) is 8.31. The van der Waals surface area contributed by atoms with Gasteiger partial charge in [0.2, 0.25) is 0 Å². The summed E-state index contributed by atoms with van der Waals surface area (Å²) in [5, 5.41) is 11.2. The molecule has 300 valence electrons. The minimum Gasteiger partial charge on any atom is -0.344 e. The third kappa shape index (κ3) is 6.06. The second-order valence-electron chi connectivity index (χ2n) is 17.0. The maximum atomic E-state index is 5.56. The molecular weight excluding hydrogens is 777 g/mol. The quantitative estimate of drug-likeness (QED) is 0.178. The van der Waals surface area contributed by atoms with Crippen LogP contribution in [-0.4, -0.2) is 16.2 Å². The first-order valence-electron chi connectivity index (χ1n) is 22.0. The molecule has 1 atom stereocenters. The monoisotopic (exact) mass is 816 g/mol. The molecule has 0 spiro atoms. The highest BCUT2D eigenvalue weighted by molar-refractivity contribution is 6.19. The van der Waals surface area contributed by atoms with Gasteiger partial charge in [-0.15, -0.1) is 0 Å². The van der Waals surface area contributed by atoms with Crippen LogP contribution in [0.25, 0.3) is 82.4 Å². The minimum absolute atomic E-state index is 0.407. The Morgan fingerprint density at radius 2 is 0.953 bits per heavy atom. The Bertz CT molecular complexity index is 3630. The smallest absolute Gasteiger partial charge is 0.159 e. The number of hydrogen-bond acceptors (Lipinski definition) is 3. The van der Waals surface area contributed by atoms with Gasteiger partial charge in [-0.25, -0.2) is 9.98 Å². The molecule has 10 aromatic carbocycles. The van der Waals surface area contributed by atoms with Crippen molar-refractivity contribution >= 4 is 55.0 Å². The number of aliphatic imine (C=N–C) groups is 2. The van der Waals surface area contributed by atoms with Gasteiger partial charge >= 0.3 is 0 Å². The number of aromatic nitrogens is 1. The molecule has 0 fully saturated rings. The molecule has 1 unspecified atom stereocenters. The summed E-state index contributed by atoms with van der Waals surface area (Å²) in [7, 11) is 0. The van der Waals surface area contributed by atoms with Crippen LogP contribution in [0.2, 0.25) is 0 Å². The van der Waals surface area contributed by atoms with Crippen molar-refractivity contribution < 1.29 is 0 Å². The van der Waals surface area contributed by atoms with E-state index in [0.29, 0.717) is 5.84 Å². The lowest BCUT2D eigenvalue weighted by molar-refractivity contribution is 0.674. The van der Waals surface area contributed by atoms with Crippen molar-refractivity contribution in [2.24, 2.45) is 9.98 Å². The molecule has 1 aromatic heterocycles. The number of fused-ring (bicyclic) bond motifs is 8. The number of nitrogens with zero attached hydrogens (tertiary/aromatic N) is 3. The highest BCUT2D eigenvalue weighted by atomic mass is 15.2. The molecule has 64 heavy (non-hydrogen) atoms. The topological polar surface area (TPSA) is 41.7 Å². The molecule has 0 saturated carbocycles. The van der Waals surface area contributed by atoms with E-state index >= 15 is 0 Å². The van der Waals surface area contributed by atoms with E-state index in [1.54, 1.807) is 0 Å². The van der Waals surface area contributed by atoms with E-state index in [2.05, 4.69) is 228 Å². The minimum atomic E-state index is -0.407. The molecule has 0 amide bonds. The van der Waals surface area contributed by atoms with Gasteiger partial charge in [0, 0.05) is 21.9 Å². The van der Waals surface area contributed by atoms with Crippen LogP contribution < -0.4 is 5.32 Å². The third-order valence-electron chi connectivity index (χ3n) is 13.2. The summed E-state index contributed by atoms with van der Waals surface area (Å²) < 4.78 is 2.50. The van der Waals surface area contributed by atoms with Gasteiger partial charge in [-0.1, -0.05) is 170 Å². The van der Waals surface area contributed by atoms with E-state index in [1.165, 1.54) is 60.1 Å². The second-order valence-corrected chi connectivity index (χ2v) is 17.0. The SMILES string of the molecule is c1ccc(-c2cccc(C3=NC(c4cccc(-c5ccccc5)c4)NC(c4cc5c(cc4-n4c6cc7ccccc7cc6c6cc7ccccc7cc64)-c4ccccc4C5)=N3)c2)cc1. The zero-order valence-corrected chi connectivity index (χ0v) is 34.9. The number of amidine groups is 2. The summed E-state index contributed by atoms with van der Waals surface area (Å²) >= 11 is 0. The number of benzene rings is 10. The predicted molar refractivity (Wildman–Crippen MR) is 267 cm³/mol. The molecule has 2 heterocycles. The van der Waals surface area contributed by atoms with E-state index in [1.807, 2.05) is 0 Å². The molecule has 1 aliphatic carbocycles. The fourth-order valence-electron chi connectivity index (χ4n) is 10.1. The first-order chi connectivity index (χ1) is 31.7. The van der Waals surface area contributed by atoms with Crippen molar-refractivity contribution in [3.8, 4) is 39.1 Å². The molecule has 13 rings (SSSR count). The number of nitrogens with one attached hydrogen (secondary N) is 1. The van der Waals surface area contributed by atoms with Gasteiger partial charge in [0.15, 0.2) is 5.84 Å². The van der Waals surface area contributed by atoms with Crippen LogP contribution in [0.3, 0.4) is 0 Å². The maximum absolute atomic E-state index is 5.56. The van der Waals surface area contributed by atoms with Crippen molar-refractivity contribution in [3.63, 3.8) is 0 Å². The lowest BCUT2D eigenvalue weighted by Crippen LogP contribution is -2.34. The van der Waals surface area contributed by atoms with E-state index in [4.69, 9.17) is 9.98 Å². The molecule has 11 aromatic rings. The Morgan fingerprint density at radius 1 is 0.406 bits per heavy atom. The molecule has 4 heteroatoms. The largest absolute Gasteiger partial charge is 0.344 e. The summed E-state index contributed by atoms with van der Waals surface area (Å²) in [6.45, 7) is 0. The second kappa shape index (κ2) is 14.6. The maximum Gasteiger partial charge on any atom is 0.159 e. The van der Waals surface area contributed by atoms with Crippen LogP contribution in [0.5, 0.6) is 0 Å². The summed E-state index contributed by atoms with van der Waals surface area (Å²) in [4.78, 5) is 11.0. The molecule has 2 aliphatic rings. The number of rotatable bonds is 6. The predicted octanol–water partition coefficient (Wildman–Crippen LogP) is 14.5. The van der Waals surface area contributed by atoms with Crippen LogP contribution in [0.1, 0.15) is 34.0 Å². The Morgan fingerprint density at radius 3 is 1.62 bits per heavy atom. The van der Waals surface area contributed by atoms with Gasteiger partial charge in [-0.3, -0.25) is 0 Å². The van der Waals surface area contributed by atoms with E-state index < -0.39 is 6.17 Å². The van der Waals surface area contributed by atoms with Gasteiger partial charge < -0.3 is 9.88 Å². The molecular formula is C60H40N4. The zero-order valence-electron chi connectivity index (χ0n) is 34.9. The van der Waals surface area contributed by atoms with Gasteiger partial charge in [-0.05, 0) is 127 Å². The average Bonchev–Trinajstić information content (AvgIpc) is 3.88. The fourth-order valence-corrected chi connectivity index (χ4v) is 10.1. The van der Waals surface area contributed by atoms with E-state index in [-0.39, 0.29) is 0 Å². The van der Waals surface area contributed by atoms with Gasteiger partial charge in [0.05, 0.1) is 16.7 Å². The first kappa shape index (κ1) is 36.3. The summed E-state index contributed by atoms with van der Waals surface area (Å²) in [5.41, 5.74) is 16.2. The Labute approximate surface area is 371 Å². The summed E-state index contributed by atoms with van der Waals surface area (Å²) in [6, 6.07) is 79.1. The lowest BCUT2D eigenvalue weighted by Gasteiger charge is -2.26. The summed E-state index contributed by atoms with van der Waals surface area (Å²) in [6.07, 6.45) is 0.452. The molecule has 4 nitrogen and oxygen atoms in total. The van der Waals surface area contributed by atoms with Crippen molar-refractivity contribution in [2.45, 2.75) is 12.6 Å². The van der Waals surface area contributed by atoms with Gasteiger partial charge in [0.1, 0.15) is 12.0 Å². The highest BCUT2D eigenvalue weighted by Crippen LogP contribution is 2.43. The lowest BCUT2D eigenvalue weighted by atomic mass is 9.98. The zero-order chi connectivity index (χ0) is 42.1. The van der Waals surface area contributed by atoms with Crippen LogP contribution in [0.15, 0.2) is 228 Å². The normalized spacial score (nSPS) is 14.3. The fraction of sp³-hybridized carbons (Fsp3) is 0.0333. The first-order valence-corrected chi connectivity index (χ1v) is 22.0. The van der Waals surface area contributed by atoms with Crippen molar-refractivity contribution in [1.29, 1.82) is 0 Å². The molecule has 0 bridgehead atoms. The van der Waals surface area contributed by atoms with Crippen LogP contribution in [0.4, 0.5) is 0 Å². The average molecular weight is 817 g/mol. The molecule has 1 N–H and O–H groups in total. The molecule has 0 radical (unpaired) electrons. The summed E-state index contributed by atoms with van der Waals surface area (Å²) in [5.74, 6) is 1.48. The highest BCUT2D eigenvalue weighted by Gasteiger charge is 2.29.